The van der Waals surface area contributed by atoms with Crippen LogP contribution in [0.5, 0.6) is 0 Å². The maximum Gasteiger partial charge on any atom is 0.246 e. The van der Waals surface area contributed by atoms with Crippen LogP contribution in [0.3, 0.4) is 0 Å². The number of carbonyl (C=O) groups is 1. The Kier molecular flexibility index (Phi) is 6.25. The number of nitrogens with zero attached hydrogens (tertiary/aromatic N) is 3. The number of carbonyl (C=O) groups excluding carboxylic acids is 1. The summed E-state index contributed by atoms with van der Waals surface area (Å²) in [5.74, 6) is -0.666. The van der Waals surface area contributed by atoms with Gasteiger partial charge in [-0.25, -0.2) is 12.8 Å². The molecule has 1 unspecified atom stereocenters. The summed E-state index contributed by atoms with van der Waals surface area (Å²) < 4.78 is 41.3. The zero-order chi connectivity index (χ0) is 19.4. The van der Waals surface area contributed by atoms with E-state index in [0.29, 0.717) is 28.1 Å². The molecule has 0 bridgehead atoms. The van der Waals surface area contributed by atoms with E-state index in [0.717, 1.165) is 10.4 Å². The minimum atomic E-state index is -4.11. The molecule has 1 aromatic carbocycles. The Morgan fingerprint density at radius 2 is 2.22 bits per heavy atom. The molecule has 1 atom stereocenters. The van der Waals surface area contributed by atoms with Gasteiger partial charge in [0.2, 0.25) is 21.1 Å². The molecule has 11 heteroatoms. The van der Waals surface area contributed by atoms with Crippen molar-refractivity contribution in [3.8, 4) is 0 Å². The second kappa shape index (κ2) is 8.46. The van der Waals surface area contributed by atoms with E-state index in [1.165, 1.54) is 41.3 Å². The fourth-order valence-electron chi connectivity index (χ4n) is 2.71. The molecule has 3 rings (SSSR count). The minimum Gasteiger partial charge on any atom is -0.299 e. The molecule has 144 valence electrons. The molecule has 0 aliphatic carbocycles. The van der Waals surface area contributed by atoms with Crippen LogP contribution in [0.4, 0.5) is 9.52 Å². The Morgan fingerprint density at radius 1 is 1.44 bits per heavy atom. The fraction of sp³-hybridized carbons (Fsp3) is 0.312. The number of rotatable bonds is 7. The zero-order valence-electron chi connectivity index (χ0n) is 14.2. The first-order valence-electron chi connectivity index (χ1n) is 8.08. The van der Waals surface area contributed by atoms with Crippen molar-refractivity contribution in [1.29, 1.82) is 0 Å². The molecule has 1 aromatic heterocycles. The highest BCUT2D eigenvalue weighted by atomic mass is 32.2. The van der Waals surface area contributed by atoms with E-state index in [1.807, 2.05) is 0 Å². The second-order valence-electron chi connectivity index (χ2n) is 5.67. The average molecular weight is 429 g/mol. The summed E-state index contributed by atoms with van der Waals surface area (Å²) >= 11 is 2.63. The normalized spacial score (nSPS) is 17.7. The highest BCUT2D eigenvalue weighted by Gasteiger charge is 2.40. The van der Waals surface area contributed by atoms with Crippen molar-refractivity contribution in [2.45, 2.75) is 28.1 Å². The van der Waals surface area contributed by atoms with Gasteiger partial charge in [-0.05, 0) is 25.0 Å². The van der Waals surface area contributed by atoms with Gasteiger partial charge in [-0.2, -0.15) is 4.31 Å². The Balaban J connectivity index is 1.76. The van der Waals surface area contributed by atoms with Crippen LogP contribution >= 0.6 is 23.1 Å². The van der Waals surface area contributed by atoms with E-state index >= 15 is 0 Å². The van der Waals surface area contributed by atoms with Gasteiger partial charge in [0, 0.05) is 12.3 Å². The standard InChI is InChI=1S/C16H17FN4O3S3/c1-2-10-25-16-20-19-15(26-16)18-14(22)12-7-5-9-21(12)27(23,24)13-8-4-3-6-11(13)17/h2-4,6,8,12H,1,5,7,9-10H2,(H,18,19,22). The molecular formula is C16H17FN4O3S3. The summed E-state index contributed by atoms with van der Waals surface area (Å²) in [6.45, 7) is 3.78. The van der Waals surface area contributed by atoms with Gasteiger partial charge < -0.3 is 0 Å². The first kappa shape index (κ1) is 19.9. The van der Waals surface area contributed by atoms with Crippen LogP contribution < -0.4 is 5.32 Å². The maximum atomic E-state index is 14.0. The molecule has 27 heavy (non-hydrogen) atoms. The molecular weight excluding hydrogens is 411 g/mol. The number of hydrogen-bond donors (Lipinski definition) is 1. The quantitative estimate of drug-likeness (QED) is 0.414. The van der Waals surface area contributed by atoms with Gasteiger partial charge >= 0.3 is 0 Å². The summed E-state index contributed by atoms with van der Waals surface area (Å²) in [4.78, 5) is 12.2. The van der Waals surface area contributed by atoms with Gasteiger partial charge in [-0.15, -0.1) is 16.8 Å². The highest BCUT2D eigenvalue weighted by molar-refractivity contribution is 8.01. The van der Waals surface area contributed by atoms with Gasteiger partial charge in [0.05, 0.1) is 0 Å². The van der Waals surface area contributed by atoms with E-state index in [4.69, 9.17) is 0 Å². The molecule has 1 fully saturated rings. The van der Waals surface area contributed by atoms with Crippen LogP contribution in [0.15, 0.2) is 46.2 Å². The number of halogens is 1. The number of sulfonamides is 1. The molecule has 7 nitrogen and oxygen atoms in total. The molecule has 1 aliphatic heterocycles. The Labute approximate surface area is 164 Å². The van der Waals surface area contributed by atoms with Gasteiger partial charge in [-0.1, -0.05) is 41.3 Å². The van der Waals surface area contributed by atoms with Gasteiger partial charge in [0.15, 0.2) is 4.34 Å². The lowest BCUT2D eigenvalue weighted by molar-refractivity contribution is -0.119. The van der Waals surface area contributed by atoms with E-state index in [-0.39, 0.29) is 6.54 Å². The summed E-state index contributed by atoms with van der Waals surface area (Å²) in [6.07, 6.45) is 2.60. The summed E-state index contributed by atoms with van der Waals surface area (Å²) in [5.41, 5.74) is 0. The van der Waals surface area contributed by atoms with Crippen LogP contribution in [0.1, 0.15) is 12.8 Å². The third-order valence-electron chi connectivity index (χ3n) is 3.89. The summed E-state index contributed by atoms with van der Waals surface area (Å²) in [7, 11) is -4.11. The van der Waals surface area contributed by atoms with Crippen LogP contribution in [0.25, 0.3) is 0 Å². The van der Waals surface area contributed by atoms with Crippen molar-refractivity contribution in [3.63, 3.8) is 0 Å². The first-order chi connectivity index (χ1) is 12.9. The van der Waals surface area contributed by atoms with Crippen molar-refractivity contribution < 1.29 is 17.6 Å². The Morgan fingerprint density at radius 3 is 2.96 bits per heavy atom. The summed E-state index contributed by atoms with van der Waals surface area (Å²) in [6, 6.07) is 4.24. The van der Waals surface area contributed by atoms with Crippen molar-refractivity contribution in [1.82, 2.24) is 14.5 Å². The lowest BCUT2D eigenvalue weighted by Crippen LogP contribution is -2.43. The predicted octanol–water partition coefficient (Wildman–Crippen LogP) is 2.75. The van der Waals surface area contributed by atoms with Crippen molar-refractivity contribution in [3.05, 3.63) is 42.7 Å². The van der Waals surface area contributed by atoms with Crippen LogP contribution in [-0.4, -0.2) is 47.2 Å². The molecule has 0 radical (unpaired) electrons. The van der Waals surface area contributed by atoms with Gasteiger partial charge in [0.1, 0.15) is 16.8 Å². The number of nitrogens with one attached hydrogen (secondary N) is 1. The van der Waals surface area contributed by atoms with Gasteiger partial charge in [-0.3, -0.25) is 10.1 Å². The first-order valence-corrected chi connectivity index (χ1v) is 11.3. The number of aromatic nitrogens is 2. The van der Waals surface area contributed by atoms with E-state index < -0.39 is 32.7 Å². The van der Waals surface area contributed by atoms with Crippen molar-refractivity contribution in [2.24, 2.45) is 0 Å². The van der Waals surface area contributed by atoms with Crippen LogP contribution in [0.2, 0.25) is 0 Å². The second-order valence-corrected chi connectivity index (χ2v) is 9.77. The lowest BCUT2D eigenvalue weighted by atomic mass is 10.2. The maximum absolute atomic E-state index is 14.0. The summed E-state index contributed by atoms with van der Waals surface area (Å²) in [5, 5.41) is 10.8. The molecule has 1 saturated heterocycles. The number of thioether (sulfide) groups is 1. The van der Waals surface area contributed by atoms with Crippen LogP contribution in [-0.2, 0) is 14.8 Å². The molecule has 0 spiro atoms. The number of benzene rings is 1. The topological polar surface area (TPSA) is 92.3 Å². The smallest absolute Gasteiger partial charge is 0.246 e. The SMILES string of the molecule is C=CCSc1nnc(NC(=O)C2CCCN2S(=O)(=O)c2ccccc2F)s1. The van der Waals surface area contributed by atoms with Crippen molar-refractivity contribution >= 4 is 44.2 Å². The van der Waals surface area contributed by atoms with Crippen LogP contribution in [0, 0.1) is 5.82 Å². The predicted molar refractivity (Wildman–Crippen MR) is 103 cm³/mol. The van der Waals surface area contributed by atoms with E-state index in [1.54, 1.807) is 6.08 Å². The average Bonchev–Trinajstić information content (AvgIpc) is 3.30. The molecule has 2 aromatic rings. The minimum absolute atomic E-state index is 0.158. The Hall–Kier alpha value is -1.82. The van der Waals surface area contributed by atoms with E-state index in [9.17, 15) is 17.6 Å². The number of hydrogen-bond acceptors (Lipinski definition) is 7. The Bertz CT molecular complexity index is 948. The molecule has 2 heterocycles. The monoisotopic (exact) mass is 428 g/mol. The molecule has 1 N–H and O–H groups in total. The largest absolute Gasteiger partial charge is 0.299 e. The molecule has 1 amide bonds. The van der Waals surface area contributed by atoms with Crippen molar-refractivity contribution in [2.75, 3.05) is 17.6 Å². The van der Waals surface area contributed by atoms with E-state index in [2.05, 4.69) is 22.1 Å². The third kappa shape index (κ3) is 4.37. The number of amides is 1. The lowest BCUT2D eigenvalue weighted by Gasteiger charge is -2.23. The zero-order valence-corrected chi connectivity index (χ0v) is 16.6. The fourth-order valence-corrected chi connectivity index (χ4v) is 5.95. The highest BCUT2D eigenvalue weighted by Crippen LogP contribution is 2.29. The number of anilines is 1. The van der Waals surface area contributed by atoms with Gasteiger partial charge in [0.25, 0.3) is 0 Å². The molecule has 1 aliphatic rings. The molecule has 0 saturated carbocycles. The third-order valence-corrected chi connectivity index (χ3v) is 7.80.